The number of nitrogens with zero attached hydrogens (tertiary/aromatic N) is 3. The van der Waals surface area contributed by atoms with Gasteiger partial charge in [-0.25, -0.2) is 0 Å². The summed E-state index contributed by atoms with van der Waals surface area (Å²) in [5.74, 6) is 0.552. The van der Waals surface area contributed by atoms with Gasteiger partial charge in [0, 0.05) is 41.0 Å². The molecule has 0 spiro atoms. The molecule has 0 saturated heterocycles. The van der Waals surface area contributed by atoms with Crippen LogP contribution in [0.25, 0.3) is 0 Å². The van der Waals surface area contributed by atoms with Gasteiger partial charge in [-0.1, -0.05) is 5.10 Å². The third-order valence-corrected chi connectivity index (χ3v) is 2.62. The lowest BCUT2D eigenvalue weighted by Gasteiger charge is -2.18. The number of rotatable bonds is 12. The topological polar surface area (TPSA) is 81.9 Å². The summed E-state index contributed by atoms with van der Waals surface area (Å²) < 4.78 is 20.7. The average molecular weight is 288 g/mol. The van der Waals surface area contributed by atoms with Gasteiger partial charge in [-0.3, -0.25) is 0 Å². The van der Waals surface area contributed by atoms with Crippen LogP contribution in [0.2, 0.25) is 0 Å². The third-order valence-electron chi connectivity index (χ3n) is 2.62. The van der Waals surface area contributed by atoms with E-state index in [9.17, 15) is 0 Å². The molecule has 8 heteroatoms. The molecular weight excluding hydrogens is 264 g/mol. The molecule has 0 aliphatic carbocycles. The molecule has 0 atom stereocenters. The number of nitrogens with one attached hydrogen (secondary N) is 1. The first kappa shape index (κ1) is 16.8. The summed E-state index contributed by atoms with van der Waals surface area (Å²) in [6.07, 6.45) is 0. The zero-order valence-electron chi connectivity index (χ0n) is 12.4. The van der Waals surface area contributed by atoms with E-state index in [2.05, 4.69) is 15.5 Å². The van der Waals surface area contributed by atoms with Gasteiger partial charge in [0.15, 0.2) is 0 Å². The molecule has 116 valence electrons. The SMILES string of the molecule is COCCNCc1nnc(N(CCOC)CCOC)o1. The lowest BCUT2D eigenvalue weighted by Crippen LogP contribution is -2.30. The van der Waals surface area contributed by atoms with Crippen molar-refractivity contribution in [3.05, 3.63) is 5.89 Å². The van der Waals surface area contributed by atoms with E-state index in [0.29, 0.717) is 51.4 Å². The van der Waals surface area contributed by atoms with E-state index in [1.54, 1.807) is 21.3 Å². The maximum Gasteiger partial charge on any atom is 0.318 e. The van der Waals surface area contributed by atoms with Crippen molar-refractivity contribution in [2.24, 2.45) is 0 Å². The minimum atomic E-state index is 0.489. The van der Waals surface area contributed by atoms with Crippen LogP contribution >= 0.6 is 0 Å². The molecule has 1 rings (SSSR count). The zero-order valence-corrected chi connectivity index (χ0v) is 12.4. The van der Waals surface area contributed by atoms with Crippen molar-refractivity contribution in [3.63, 3.8) is 0 Å². The van der Waals surface area contributed by atoms with Crippen LogP contribution in [0.1, 0.15) is 5.89 Å². The smallest absolute Gasteiger partial charge is 0.318 e. The molecule has 1 heterocycles. The van der Waals surface area contributed by atoms with Gasteiger partial charge < -0.3 is 28.8 Å². The zero-order chi connectivity index (χ0) is 14.6. The third kappa shape index (κ3) is 6.29. The number of hydrogen-bond acceptors (Lipinski definition) is 8. The van der Waals surface area contributed by atoms with Gasteiger partial charge in [-0.15, -0.1) is 5.10 Å². The largest absolute Gasteiger partial charge is 0.407 e. The summed E-state index contributed by atoms with van der Waals surface area (Å²) in [5, 5.41) is 11.2. The van der Waals surface area contributed by atoms with Crippen LogP contribution < -0.4 is 10.2 Å². The maximum absolute atomic E-state index is 5.61. The number of anilines is 1. The molecule has 0 aliphatic rings. The predicted molar refractivity (Wildman–Crippen MR) is 73.8 cm³/mol. The fourth-order valence-corrected chi connectivity index (χ4v) is 1.52. The van der Waals surface area contributed by atoms with Gasteiger partial charge >= 0.3 is 6.01 Å². The molecule has 0 radical (unpaired) electrons. The normalized spacial score (nSPS) is 10.9. The highest BCUT2D eigenvalue weighted by molar-refractivity contribution is 5.23. The van der Waals surface area contributed by atoms with Crippen LogP contribution in [0, 0.1) is 0 Å². The summed E-state index contributed by atoms with van der Waals surface area (Å²) in [4.78, 5) is 1.94. The van der Waals surface area contributed by atoms with E-state index in [0.717, 1.165) is 6.54 Å². The highest BCUT2D eigenvalue weighted by Crippen LogP contribution is 2.11. The van der Waals surface area contributed by atoms with E-state index in [1.165, 1.54) is 0 Å². The Bertz CT molecular complexity index is 340. The lowest BCUT2D eigenvalue weighted by molar-refractivity contribution is 0.187. The quantitative estimate of drug-likeness (QED) is 0.534. The second-order valence-electron chi connectivity index (χ2n) is 4.12. The van der Waals surface area contributed by atoms with Crippen LogP contribution in [0.4, 0.5) is 6.01 Å². The van der Waals surface area contributed by atoms with Crippen LogP contribution in [0.15, 0.2) is 4.42 Å². The Labute approximate surface area is 119 Å². The van der Waals surface area contributed by atoms with Crippen molar-refractivity contribution in [2.45, 2.75) is 6.54 Å². The highest BCUT2D eigenvalue weighted by atomic mass is 16.5. The first-order valence-corrected chi connectivity index (χ1v) is 6.56. The van der Waals surface area contributed by atoms with Crippen LogP contribution in [-0.4, -0.2) is 71.0 Å². The molecule has 0 amide bonds. The minimum absolute atomic E-state index is 0.489. The van der Waals surface area contributed by atoms with Gasteiger partial charge in [0.1, 0.15) is 0 Å². The fourth-order valence-electron chi connectivity index (χ4n) is 1.52. The van der Waals surface area contributed by atoms with E-state index in [-0.39, 0.29) is 0 Å². The Kier molecular flexibility index (Phi) is 8.88. The van der Waals surface area contributed by atoms with E-state index in [4.69, 9.17) is 18.6 Å². The Morgan fingerprint density at radius 3 is 2.25 bits per heavy atom. The summed E-state index contributed by atoms with van der Waals surface area (Å²) >= 11 is 0. The van der Waals surface area contributed by atoms with Crippen molar-refractivity contribution >= 4 is 6.01 Å². The first-order valence-electron chi connectivity index (χ1n) is 6.56. The Hall–Kier alpha value is -1.22. The van der Waals surface area contributed by atoms with Gasteiger partial charge in [0.25, 0.3) is 0 Å². The summed E-state index contributed by atoms with van der Waals surface area (Å²) in [6.45, 7) is 4.46. The Morgan fingerprint density at radius 2 is 1.65 bits per heavy atom. The van der Waals surface area contributed by atoms with Crippen molar-refractivity contribution in [2.75, 3.05) is 65.7 Å². The molecular formula is C12H24N4O4. The fraction of sp³-hybridized carbons (Fsp3) is 0.833. The van der Waals surface area contributed by atoms with Crippen molar-refractivity contribution in [1.82, 2.24) is 15.5 Å². The molecule has 1 aromatic rings. The van der Waals surface area contributed by atoms with Crippen LogP contribution in [0.5, 0.6) is 0 Å². The van der Waals surface area contributed by atoms with Crippen molar-refractivity contribution in [3.8, 4) is 0 Å². The number of methoxy groups -OCH3 is 3. The predicted octanol–water partition coefficient (Wildman–Crippen LogP) is -0.0952. The van der Waals surface area contributed by atoms with Crippen LogP contribution in [-0.2, 0) is 20.8 Å². The van der Waals surface area contributed by atoms with Gasteiger partial charge in [0.05, 0.1) is 26.4 Å². The van der Waals surface area contributed by atoms with Gasteiger partial charge in [-0.2, -0.15) is 0 Å². The van der Waals surface area contributed by atoms with Crippen molar-refractivity contribution < 1.29 is 18.6 Å². The molecule has 0 fully saturated rings. The first-order chi connectivity index (χ1) is 9.81. The summed E-state index contributed by atoms with van der Waals surface area (Å²) in [6, 6.07) is 0.489. The van der Waals surface area contributed by atoms with Gasteiger partial charge in [-0.05, 0) is 0 Å². The standard InChI is InChI=1S/C12H24N4O4/c1-17-7-4-13-10-11-14-15-12(20-11)16(5-8-18-2)6-9-19-3/h13H,4-10H2,1-3H3. The Morgan fingerprint density at radius 1 is 1.00 bits per heavy atom. The summed E-state index contributed by atoms with van der Waals surface area (Å²) in [5.41, 5.74) is 0. The lowest BCUT2D eigenvalue weighted by atomic mass is 10.5. The molecule has 0 saturated carbocycles. The number of ether oxygens (including phenoxy) is 3. The van der Waals surface area contributed by atoms with Crippen molar-refractivity contribution in [1.29, 1.82) is 0 Å². The summed E-state index contributed by atoms with van der Waals surface area (Å²) in [7, 11) is 4.98. The maximum atomic E-state index is 5.61. The molecule has 0 aromatic carbocycles. The van der Waals surface area contributed by atoms with Crippen LogP contribution in [0.3, 0.4) is 0 Å². The van der Waals surface area contributed by atoms with E-state index in [1.807, 2.05) is 4.90 Å². The second-order valence-corrected chi connectivity index (χ2v) is 4.12. The highest BCUT2D eigenvalue weighted by Gasteiger charge is 2.14. The molecule has 20 heavy (non-hydrogen) atoms. The molecule has 0 bridgehead atoms. The average Bonchev–Trinajstić information content (AvgIpc) is 2.92. The minimum Gasteiger partial charge on any atom is -0.407 e. The monoisotopic (exact) mass is 288 g/mol. The molecule has 0 unspecified atom stereocenters. The number of hydrogen-bond donors (Lipinski definition) is 1. The van der Waals surface area contributed by atoms with E-state index < -0.39 is 0 Å². The van der Waals surface area contributed by atoms with E-state index >= 15 is 0 Å². The van der Waals surface area contributed by atoms with Gasteiger partial charge in [0.2, 0.25) is 5.89 Å². The Balaban J connectivity index is 2.46. The molecule has 8 nitrogen and oxygen atoms in total. The molecule has 0 aliphatic heterocycles. The molecule has 1 aromatic heterocycles. The molecule has 1 N–H and O–H groups in total. The second kappa shape index (κ2) is 10.6. The number of aromatic nitrogens is 2.